The number of carbonyl (C=O) groups is 1. The summed E-state index contributed by atoms with van der Waals surface area (Å²) in [5.41, 5.74) is 5.51. The van der Waals surface area contributed by atoms with Crippen molar-refractivity contribution in [2.45, 2.75) is 63.8 Å². The first kappa shape index (κ1) is 17.7. The summed E-state index contributed by atoms with van der Waals surface area (Å²) in [6.07, 6.45) is 10.2. The van der Waals surface area contributed by atoms with Gasteiger partial charge in [-0.1, -0.05) is 32.1 Å². The van der Waals surface area contributed by atoms with E-state index in [4.69, 9.17) is 10.5 Å². The second-order valence-corrected chi connectivity index (χ2v) is 6.11. The Balaban J connectivity index is 0.00000200. The van der Waals surface area contributed by atoms with Gasteiger partial charge >= 0.3 is 0 Å². The highest BCUT2D eigenvalue weighted by Crippen LogP contribution is 2.30. The van der Waals surface area contributed by atoms with E-state index in [-0.39, 0.29) is 23.7 Å². The minimum Gasteiger partial charge on any atom is -0.381 e. The molecule has 1 saturated heterocycles. The third-order valence-electron chi connectivity index (χ3n) is 4.76. The van der Waals surface area contributed by atoms with Crippen molar-refractivity contribution in [2.24, 2.45) is 11.1 Å². The molecule has 0 bridgehead atoms. The summed E-state index contributed by atoms with van der Waals surface area (Å²) in [6.45, 7) is 1.76. The zero-order valence-corrected chi connectivity index (χ0v) is 13.2. The van der Waals surface area contributed by atoms with E-state index < -0.39 is 0 Å². The fourth-order valence-electron chi connectivity index (χ4n) is 3.22. The predicted molar refractivity (Wildman–Crippen MR) is 83.0 cm³/mol. The van der Waals surface area contributed by atoms with Crippen LogP contribution in [0.2, 0.25) is 0 Å². The van der Waals surface area contributed by atoms with Crippen LogP contribution in [-0.4, -0.2) is 31.7 Å². The van der Waals surface area contributed by atoms with Crippen LogP contribution in [0.5, 0.6) is 0 Å². The minimum atomic E-state index is -0.374. The lowest BCUT2D eigenvalue weighted by atomic mass is 9.79. The first-order valence-electron chi connectivity index (χ1n) is 7.86. The molecular formula is C15H29ClN2O2. The highest BCUT2D eigenvalue weighted by molar-refractivity contribution is 5.85. The van der Waals surface area contributed by atoms with Gasteiger partial charge in [-0.15, -0.1) is 12.4 Å². The number of nitrogens with two attached hydrogens (primary N) is 1. The monoisotopic (exact) mass is 304 g/mol. The van der Waals surface area contributed by atoms with Gasteiger partial charge in [0, 0.05) is 25.8 Å². The lowest BCUT2D eigenvalue weighted by molar-refractivity contribution is -0.136. The van der Waals surface area contributed by atoms with Crippen molar-refractivity contribution in [1.82, 2.24) is 5.32 Å². The normalized spacial score (nSPS) is 24.1. The zero-order chi connectivity index (χ0) is 13.6. The van der Waals surface area contributed by atoms with E-state index >= 15 is 0 Å². The third kappa shape index (κ3) is 4.61. The Morgan fingerprint density at radius 3 is 2.20 bits per heavy atom. The standard InChI is InChI=1S/C15H28N2O2.ClH/c16-12-15(8-10-19-11-9-15)14(18)17-13-6-4-2-1-3-5-7-13;/h13H,1-12,16H2,(H,17,18);1H. The number of rotatable bonds is 3. The molecule has 0 unspecified atom stereocenters. The summed E-state index contributed by atoms with van der Waals surface area (Å²) < 4.78 is 5.37. The average molecular weight is 305 g/mol. The average Bonchev–Trinajstić information content (AvgIpc) is 2.42. The van der Waals surface area contributed by atoms with E-state index in [1.54, 1.807) is 0 Å². The van der Waals surface area contributed by atoms with Crippen molar-refractivity contribution in [3.63, 3.8) is 0 Å². The molecular weight excluding hydrogens is 276 g/mol. The van der Waals surface area contributed by atoms with Gasteiger partial charge in [0.15, 0.2) is 0 Å². The van der Waals surface area contributed by atoms with E-state index in [2.05, 4.69) is 5.32 Å². The number of halogens is 1. The number of amides is 1. The number of nitrogens with one attached hydrogen (secondary N) is 1. The maximum absolute atomic E-state index is 12.6. The largest absolute Gasteiger partial charge is 0.381 e. The lowest BCUT2D eigenvalue weighted by Crippen LogP contribution is -2.51. The van der Waals surface area contributed by atoms with Crippen molar-refractivity contribution in [3.8, 4) is 0 Å². The van der Waals surface area contributed by atoms with Gasteiger partial charge in [0.25, 0.3) is 0 Å². The Morgan fingerprint density at radius 1 is 1.10 bits per heavy atom. The molecule has 1 aliphatic carbocycles. The molecule has 20 heavy (non-hydrogen) atoms. The van der Waals surface area contributed by atoms with Gasteiger partial charge in [-0.3, -0.25) is 4.79 Å². The minimum absolute atomic E-state index is 0. The molecule has 1 saturated carbocycles. The molecule has 0 aromatic rings. The Morgan fingerprint density at radius 2 is 1.65 bits per heavy atom. The van der Waals surface area contributed by atoms with Gasteiger partial charge in [-0.25, -0.2) is 0 Å². The summed E-state index contributed by atoms with van der Waals surface area (Å²) in [5.74, 6) is 0.170. The highest BCUT2D eigenvalue weighted by Gasteiger charge is 2.39. The van der Waals surface area contributed by atoms with Gasteiger partial charge in [0.05, 0.1) is 5.41 Å². The van der Waals surface area contributed by atoms with Gasteiger partial charge in [-0.05, 0) is 25.7 Å². The van der Waals surface area contributed by atoms with Crippen molar-refractivity contribution >= 4 is 18.3 Å². The Kier molecular flexibility index (Phi) is 7.85. The Labute approximate surface area is 128 Å². The summed E-state index contributed by atoms with van der Waals surface area (Å²) in [6, 6.07) is 0.360. The van der Waals surface area contributed by atoms with Crippen LogP contribution in [0.1, 0.15) is 57.8 Å². The maximum Gasteiger partial charge on any atom is 0.227 e. The van der Waals surface area contributed by atoms with E-state index in [0.717, 1.165) is 25.7 Å². The van der Waals surface area contributed by atoms with Crippen molar-refractivity contribution in [1.29, 1.82) is 0 Å². The molecule has 1 amide bonds. The molecule has 0 spiro atoms. The first-order chi connectivity index (χ1) is 9.27. The maximum atomic E-state index is 12.6. The van der Waals surface area contributed by atoms with Gasteiger partial charge in [0.1, 0.15) is 0 Å². The fraction of sp³-hybridized carbons (Fsp3) is 0.933. The quantitative estimate of drug-likeness (QED) is 0.841. The van der Waals surface area contributed by atoms with Gasteiger partial charge < -0.3 is 15.8 Å². The molecule has 1 heterocycles. The molecule has 0 atom stereocenters. The molecule has 2 aliphatic rings. The zero-order valence-electron chi connectivity index (χ0n) is 12.4. The lowest BCUT2D eigenvalue weighted by Gasteiger charge is -2.36. The van der Waals surface area contributed by atoms with E-state index in [1.807, 2.05) is 0 Å². The van der Waals surface area contributed by atoms with Gasteiger partial charge in [0.2, 0.25) is 5.91 Å². The van der Waals surface area contributed by atoms with Crippen LogP contribution < -0.4 is 11.1 Å². The summed E-state index contributed by atoms with van der Waals surface area (Å²) in [7, 11) is 0. The van der Waals surface area contributed by atoms with Crippen molar-refractivity contribution < 1.29 is 9.53 Å². The fourth-order valence-corrected chi connectivity index (χ4v) is 3.22. The van der Waals surface area contributed by atoms with Crippen LogP contribution in [-0.2, 0) is 9.53 Å². The van der Waals surface area contributed by atoms with Crippen LogP contribution in [0, 0.1) is 5.41 Å². The van der Waals surface area contributed by atoms with E-state index in [0.29, 0.717) is 25.8 Å². The third-order valence-corrected chi connectivity index (χ3v) is 4.76. The van der Waals surface area contributed by atoms with E-state index in [9.17, 15) is 4.79 Å². The first-order valence-corrected chi connectivity index (χ1v) is 7.86. The van der Waals surface area contributed by atoms with Crippen LogP contribution in [0.15, 0.2) is 0 Å². The topological polar surface area (TPSA) is 64.4 Å². The molecule has 118 valence electrons. The predicted octanol–water partition coefficient (Wildman–Crippen LogP) is 2.39. The molecule has 0 aromatic heterocycles. The number of hydrogen-bond acceptors (Lipinski definition) is 3. The Hall–Kier alpha value is -0.320. The summed E-state index contributed by atoms with van der Waals surface area (Å²) in [5, 5.41) is 3.27. The molecule has 2 fully saturated rings. The Bertz CT molecular complexity index is 286. The summed E-state index contributed by atoms with van der Waals surface area (Å²) >= 11 is 0. The molecule has 0 aromatic carbocycles. The molecule has 0 radical (unpaired) electrons. The smallest absolute Gasteiger partial charge is 0.227 e. The highest BCUT2D eigenvalue weighted by atomic mass is 35.5. The number of carbonyl (C=O) groups excluding carboxylic acids is 1. The molecule has 3 N–H and O–H groups in total. The number of ether oxygens (including phenoxy) is 1. The molecule has 4 nitrogen and oxygen atoms in total. The van der Waals surface area contributed by atoms with Crippen molar-refractivity contribution in [2.75, 3.05) is 19.8 Å². The molecule has 2 rings (SSSR count). The van der Waals surface area contributed by atoms with Gasteiger partial charge in [-0.2, -0.15) is 0 Å². The molecule has 1 aliphatic heterocycles. The van der Waals surface area contributed by atoms with Crippen LogP contribution >= 0.6 is 12.4 Å². The van der Waals surface area contributed by atoms with Crippen LogP contribution in [0.4, 0.5) is 0 Å². The van der Waals surface area contributed by atoms with Crippen molar-refractivity contribution in [3.05, 3.63) is 0 Å². The number of hydrogen-bond donors (Lipinski definition) is 2. The van der Waals surface area contributed by atoms with Crippen LogP contribution in [0.3, 0.4) is 0 Å². The second kappa shape index (κ2) is 8.85. The van der Waals surface area contributed by atoms with Crippen LogP contribution in [0.25, 0.3) is 0 Å². The van der Waals surface area contributed by atoms with E-state index in [1.165, 1.54) is 32.1 Å². The second-order valence-electron chi connectivity index (χ2n) is 6.11. The summed E-state index contributed by atoms with van der Waals surface area (Å²) in [4.78, 5) is 12.6. The molecule has 5 heteroatoms. The SMILES string of the molecule is Cl.NCC1(C(=O)NC2CCCCCCC2)CCOCC1.